The van der Waals surface area contributed by atoms with Crippen LogP contribution in [0.25, 0.3) is 99.5 Å². The third-order valence-corrected chi connectivity index (χ3v) is 16.9. The number of fused-ring (bicyclic) bond motifs is 18. The summed E-state index contributed by atoms with van der Waals surface area (Å²) in [6.07, 6.45) is 0.955. The van der Waals surface area contributed by atoms with Gasteiger partial charge in [-0.2, -0.15) is 0 Å². The lowest BCUT2D eigenvalue weighted by Crippen LogP contribution is -2.15. The fourth-order valence-corrected chi connectivity index (χ4v) is 13.6. The highest BCUT2D eigenvalue weighted by Gasteiger charge is 2.40. The van der Waals surface area contributed by atoms with Crippen LogP contribution in [0.3, 0.4) is 0 Å². The quantitative estimate of drug-likeness (QED) is 0.164. The molecule has 0 amide bonds. The maximum absolute atomic E-state index is 2.59. The molecule has 2 heterocycles. The summed E-state index contributed by atoms with van der Waals surface area (Å²) in [6.45, 7) is 14.4. The van der Waals surface area contributed by atoms with Crippen molar-refractivity contribution < 1.29 is 0 Å². The smallest absolute Gasteiger partial charge is 0.0544 e. The first-order chi connectivity index (χ1) is 32.0. The van der Waals surface area contributed by atoms with Crippen LogP contribution in [0.4, 0.5) is 0 Å². The Hall–Kier alpha value is -7.42. The Morgan fingerprint density at radius 1 is 0.288 bits per heavy atom. The molecule has 4 aliphatic carbocycles. The van der Waals surface area contributed by atoms with Gasteiger partial charge in [0.15, 0.2) is 0 Å². The van der Waals surface area contributed by atoms with Crippen molar-refractivity contribution in [2.75, 3.05) is 0 Å². The van der Waals surface area contributed by atoms with E-state index < -0.39 is 0 Å². The zero-order chi connectivity index (χ0) is 44.2. The van der Waals surface area contributed by atoms with E-state index in [1.807, 2.05) is 0 Å². The lowest BCUT2D eigenvalue weighted by Gasteiger charge is -2.22. The fraction of sp³-hybridized carbons (Fsp3) is 0.156. The van der Waals surface area contributed by atoms with Gasteiger partial charge in [0.1, 0.15) is 0 Å². The first-order valence-electron chi connectivity index (χ1n) is 23.8. The van der Waals surface area contributed by atoms with Crippen LogP contribution in [0, 0.1) is 0 Å². The van der Waals surface area contributed by atoms with Crippen molar-refractivity contribution in [2.45, 2.75) is 64.2 Å². The molecule has 2 heteroatoms. The Morgan fingerprint density at radius 3 is 1.09 bits per heavy atom. The molecule has 4 aliphatic rings. The zero-order valence-electron chi connectivity index (χ0n) is 38.3. The van der Waals surface area contributed by atoms with Crippen LogP contribution in [0.5, 0.6) is 0 Å². The molecule has 0 bridgehead atoms. The second-order valence-electron chi connectivity index (χ2n) is 21.3. The monoisotopic (exact) mass is 844 g/mol. The first-order valence-corrected chi connectivity index (χ1v) is 23.8. The Morgan fingerprint density at radius 2 is 0.652 bits per heavy atom. The van der Waals surface area contributed by atoms with E-state index in [0.29, 0.717) is 0 Å². The molecule has 0 spiro atoms. The highest BCUT2D eigenvalue weighted by Crippen LogP contribution is 2.55. The van der Waals surface area contributed by atoms with Crippen LogP contribution >= 0.6 is 0 Å². The molecule has 0 aliphatic heterocycles. The fourth-order valence-electron chi connectivity index (χ4n) is 13.6. The molecule has 9 aromatic carbocycles. The standard InChI is InChI=1S/C64H48N2/c1-62(2)52-23-12-9-20-41(52)45-30-49-48-29-44-37(26-36-16-7-8-19-40(36)44)27-58(48)65(59(49)33-55(45)62)38-17-15-18-39(28-38)66-60-34-56-46(42-21-10-13-24-53(42)63(56,3)4)31-50(60)51-32-47-43-22-11-14-25-54(43)64(5,6)57(47)35-61(51)66/h7-25,27-35H,26H2,1-6H3. The Labute approximate surface area is 385 Å². The minimum absolute atomic E-state index is 0.117. The highest BCUT2D eigenvalue weighted by molar-refractivity contribution is 6.15. The summed E-state index contributed by atoms with van der Waals surface area (Å²) in [7, 11) is 0. The minimum Gasteiger partial charge on any atom is -0.309 e. The summed E-state index contributed by atoms with van der Waals surface area (Å²) in [5, 5.41) is 5.22. The molecule has 0 unspecified atom stereocenters. The molecule has 0 saturated carbocycles. The molecule has 2 nitrogen and oxygen atoms in total. The van der Waals surface area contributed by atoms with Gasteiger partial charge in [0.05, 0.1) is 22.1 Å². The summed E-state index contributed by atoms with van der Waals surface area (Å²) in [5.74, 6) is 0. The van der Waals surface area contributed by atoms with Crippen LogP contribution in [-0.2, 0) is 22.7 Å². The van der Waals surface area contributed by atoms with E-state index in [2.05, 4.69) is 221 Å². The third kappa shape index (κ3) is 4.43. The Bertz CT molecular complexity index is 3930. The maximum Gasteiger partial charge on any atom is 0.0544 e. The summed E-state index contributed by atoms with van der Waals surface area (Å²) < 4.78 is 5.17. The SMILES string of the molecule is CC1(C)c2ccccc2-c2cc3c4cc5c(cc4n(-c4cccc(-n6c7cc8c(cc7c7cc9c(cc76)C(C)(C)c6ccccc6-9)-c6ccccc6C8(C)C)c4)c3cc21)Cc1ccccc1-5. The van der Waals surface area contributed by atoms with E-state index in [-0.39, 0.29) is 16.2 Å². The average Bonchev–Trinajstić information content (AvgIpc) is 4.11. The number of hydrogen-bond acceptors (Lipinski definition) is 0. The number of hydrogen-bond donors (Lipinski definition) is 0. The van der Waals surface area contributed by atoms with Gasteiger partial charge in [-0.25, -0.2) is 0 Å². The Kier molecular flexibility index (Phi) is 6.74. The highest BCUT2D eigenvalue weighted by atomic mass is 15.0. The van der Waals surface area contributed by atoms with Crippen LogP contribution < -0.4 is 0 Å². The number of nitrogens with zero attached hydrogens (tertiary/aromatic N) is 2. The maximum atomic E-state index is 2.59. The van der Waals surface area contributed by atoms with E-state index in [1.54, 1.807) is 0 Å². The van der Waals surface area contributed by atoms with Gasteiger partial charge in [-0.15, -0.1) is 0 Å². The van der Waals surface area contributed by atoms with Crippen LogP contribution in [0.1, 0.15) is 86.1 Å². The van der Waals surface area contributed by atoms with Gasteiger partial charge in [-0.3, -0.25) is 0 Å². The molecule has 66 heavy (non-hydrogen) atoms. The summed E-state index contributed by atoms with van der Waals surface area (Å²) in [4.78, 5) is 0. The summed E-state index contributed by atoms with van der Waals surface area (Å²) in [5.41, 5.74) is 29.1. The number of aromatic nitrogens is 2. The lowest BCUT2D eigenvalue weighted by molar-refractivity contribution is 0.660. The molecule has 2 aromatic heterocycles. The van der Waals surface area contributed by atoms with Crippen molar-refractivity contribution in [3.05, 3.63) is 214 Å². The molecule has 0 radical (unpaired) electrons. The van der Waals surface area contributed by atoms with Gasteiger partial charge in [0.25, 0.3) is 0 Å². The molecule has 15 rings (SSSR count). The molecule has 0 atom stereocenters. The predicted molar refractivity (Wildman–Crippen MR) is 276 cm³/mol. The van der Waals surface area contributed by atoms with Crippen molar-refractivity contribution in [3.63, 3.8) is 0 Å². The van der Waals surface area contributed by atoms with Crippen molar-refractivity contribution in [2.24, 2.45) is 0 Å². The first kappa shape index (κ1) is 36.9. The molecular weight excluding hydrogens is 797 g/mol. The second-order valence-corrected chi connectivity index (χ2v) is 21.3. The van der Waals surface area contributed by atoms with Crippen LogP contribution in [0.2, 0.25) is 0 Å². The summed E-state index contributed by atoms with van der Waals surface area (Å²) in [6, 6.07) is 65.7. The predicted octanol–water partition coefficient (Wildman–Crippen LogP) is 16.4. The molecule has 0 saturated heterocycles. The topological polar surface area (TPSA) is 9.86 Å². The van der Waals surface area contributed by atoms with Crippen molar-refractivity contribution in [3.8, 4) is 55.9 Å². The number of rotatable bonds is 2. The Balaban J connectivity index is 1.02. The van der Waals surface area contributed by atoms with Crippen molar-refractivity contribution >= 4 is 43.6 Å². The molecule has 0 N–H and O–H groups in total. The van der Waals surface area contributed by atoms with Gasteiger partial charge in [-0.05, 0) is 162 Å². The lowest BCUT2D eigenvalue weighted by atomic mass is 9.82. The van der Waals surface area contributed by atoms with Crippen molar-refractivity contribution in [1.82, 2.24) is 9.13 Å². The third-order valence-electron chi connectivity index (χ3n) is 16.9. The van der Waals surface area contributed by atoms with Gasteiger partial charge in [-0.1, -0.05) is 145 Å². The summed E-state index contributed by atoms with van der Waals surface area (Å²) >= 11 is 0. The van der Waals surface area contributed by atoms with E-state index in [0.717, 1.165) is 6.42 Å². The molecule has 314 valence electrons. The van der Waals surface area contributed by atoms with E-state index in [9.17, 15) is 0 Å². The van der Waals surface area contributed by atoms with E-state index >= 15 is 0 Å². The molecular formula is C64H48N2. The van der Waals surface area contributed by atoms with Crippen molar-refractivity contribution in [1.29, 1.82) is 0 Å². The number of benzene rings is 9. The van der Waals surface area contributed by atoms with E-state index in [4.69, 9.17) is 0 Å². The average molecular weight is 845 g/mol. The van der Waals surface area contributed by atoms with Gasteiger partial charge < -0.3 is 9.13 Å². The normalized spacial score (nSPS) is 16.0. The minimum atomic E-state index is -0.122. The molecule has 0 fully saturated rings. The van der Waals surface area contributed by atoms with E-state index in [1.165, 1.54) is 144 Å². The van der Waals surface area contributed by atoms with Crippen LogP contribution in [-0.4, -0.2) is 9.13 Å². The van der Waals surface area contributed by atoms with Crippen LogP contribution in [0.15, 0.2) is 170 Å². The van der Waals surface area contributed by atoms with Gasteiger partial charge in [0, 0.05) is 49.2 Å². The molecule has 11 aromatic rings. The van der Waals surface area contributed by atoms with Gasteiger partial charge in [0.2, 0.25) is 0 Å². The van der Waals surface area contributed by atoms with Gasteiger partial charge >= 0.3 is 0 Å². The largest absolute Gasteiger partial charge is 0.309 e. The second kappa shape index (κ2) is 12.1. The zero-order valence-corrected chi connectivity index (χ0v) is 38.3.